The van der Waals surface area contributed by atoms with Crippen molar-refractivity contribution in [1.29, 1.82) is 0 Å². The Kier molecular flexibility index (Phi) is 6.26. The van der Waals surface area contributed by atoms with Crippen LogP contribution in [0.15, 0.2) is 77.8 Å². The third-order valence-electron chi connectivity index (χ3n) is 5.32. The number of para-hydroxylation sites is 1. The number of nitrogens with one attached hydrogen (secondary N) is 2. The lowest BCUT2D eigenvalue weighted by atomic mass is 10.0. The van der Waals surface area contributed by atoms with Gasteiger partial charge < -0.3 is 25.0 Å². The number of ether oxygens (including phenoxy) is 2. The van der Waals surface area contributed by atoms with Gasteiger partial charge in [0.1, 0.15) is 11.5 Å². The molecule has 1 heterocycles. The molecule has 1 atom stereocenters. The molecule has 3 aromatic carbocycles. The van der Waals surface area contributed by atoms with E-state index < -0.39 is 12.2 Å². The summed E-state index contributed by atoms with van der Waals surface area (Å²) in [6.45, 7) is 0. The summed E-state index contributed by atoms with van der Waals surface area (Å²) in [6, 6.07) is 21.5. The van der Waals surface area contributed by atoms with Crippen molar-refractivity contribution >= 4 is 29.0 Å². The zero-order chi connectivity index (χ0) is 23.4. The van der Waals surface area contributed by atoms with Crippen LogP contribution in [0.3, 0.4) is 0 Å². The highest BCUT2D eigenvalue weighted by molar-refractivity contribution is 6.20. The third-order valence-corrected chi connectivity index (χ3v) is 5.32. The second-order valence-corrected chi connectivity index (χ2v) is 7.33. The summed E-state index contributed by atoms with van der Waals surface area (Å²) in [6.07, 6.45) is -1.12. The van der Waals surface area contributed by atoms with Crippen LogP contribution in [0.1, 0.15) is 11.1 Å². The number of benzodiazepines with no additional fused rings is 1. The molecular weight excluding hydrogens is 420 g/mol. The highest BCUT2D eigenvalue weighted by Crippen LogP contribution is 2.29. The molecule has 0 aliphatic carbocycles. The van der Waals surface area contributed by atoms with Gasteiger partial charge in [-0.15, -0.1) is 0 Å². The number of benzene rings is 3. The molecule has 1 aliphatic rings. The molecule has 0 radical (unpaired) electrons. The summed E-state index contributed by atoms with van der Waals surface area (Å²) in [4.78, 5) is 32.2. The Bertz CT molecular complexity index is 1210. The van der Waals surface area contributed by atoms with Gasteiger partial charge in [0.15, 0.2) is 0 Å². The number of carbonyl (C=O) groups excluding carboxylic acids is 2. The fraction of sp³-hybridized carbons (Fsp3) is 0.160. The van der Waals surface area contributed by atoms with Crippen LogP contribution < -0.4 is 25.0 Å². The van der Waals surface area contributed by atoms with Crippen LogP contribution in [0.4, 0.5) is 16.2 Å². The predicted molar refractivity (Wildman–Crippen MR) is 127 cm³/mol. The first kappa shape index (κ1) is 21.9. The Morgan fingerprint density at radius 3 is 2.42 bits per heavy atom. The predicted octanol–water partition coefficient (Wildman–Crippen LogP) is 3.67. The molecule has 0 fully saturated rings. The van der Waals surface area contributed by atoms with Crippen molar-refractivity contribution in [2.75, 3.05) is 31.5 Å². The fourth-order valence-corrected chi connectivity index (χ4v) is 3.63. The van der Waals surface area contributed by atoms with Gasteiger partial charge >= 0.3 is 6.03 Å². The van der Waals surface area contributed by atoms with Crippen molar-refractivity contribution in [3.63, 3.8) is 0 Å². The van der Waals surface area contributed by atoms with Crippen LogP contribution in [0.2, 0.25) is 0 Å². The van der Waals surface area contributed by atoms with Crippen molar-refractivity contribution in [2.24, 2.45) is 4.99 Å². The number of urea groups is 1. The van der Waals surface area contributed by atoms with Crippen LogP contribution in [0.5, 0.6) is 11.5 Å². The SMILES string of the molecule is COc1ccc(NC(=O)N[C@@H]2N=C(c3ccccc3)c3ccccc3N(C)C2=O)c(OC)c1. The number of methoxy groups -OCH3 is 2. The van der Waals surface area contributed by atoms with E-state index in [0.717, 1.165) is 11.1 Å². The molecule has 168 valence electrons. The van der Waals surface area contributed by atoms with E-state index in [1.54, 1.807) is 32.4 Å². The highest BCUT2D eigenvalue weighted by Gasteiger charge is 2.31. The Morgan fingerprint density at radius 2 is 1.70 bits per heavy atom. The Labute approximate surface area is 191 Å². The molecule has 0 unspecified atom stereocenters. The maximum atomic E-state index is 13.2. The lowest BCUT2D eigenvalue weighted by molar-refractivity contribution is -0.119. The van der Waals surface area contributed by atoms with Gasteiger partial charge in [-0.3, -0.25) is 4.79 Å². The largest absolute Gasteiger partial charge is 0.497 e. The van der Waals surface area contributed by atoms with E-state index >= 15 is 0 Å². The fourth-order valence-electron chi connectivity index (χ4n) is 3.63. The second kappa shape index (κ2) is 9.44. The first-order valence-corrected chi connectivity index (χ1v) is 10.3. The lowest BCUT2D eigenvalue weighted by Gasteiger charge is -2.21. The topological polar surface area (TPSA) is 92.3 Å². The van der Waals surface area contributed by atoms with Crippen LogP contribution in [0.25, 0.3) is 0 Å². The maximum absolute atomic E-state index is 13.2. The Balaban J connectivity index is 1.66. The number of aliphatic imine (C=N–C) groups is 1. The summed E-state index contributed by atoms with van der Waals surface area (Å²) in [5.41, 5.74) is 3.42. The van der Waals surface area contributed by atoms with Gasteiger partial charge in [0.25, 0.3) is 5.91 Å². The van der Waals surface area contributed by atoms with Crippen molar-refractivity contribution in [1.82, 2.24) is 5.32 Å². The van der Waals surface area contributed by atoms with E-state index in [2.05, 4.69) is 15.6 Å². The molecule has 4 rings (SSSR count). The van der Waals surface area contributed by atoms with E-state index in [1.807, 2.05) is 54.6 Å². The van der Waals surface area contributed by atoms with Crippen LogP contribution >= 0.6 is 0 Å². The van der Waals surface area contributed by atoms with Crippen molar-refractivity contribution < 1.29 is 19.1 Å². The lowest BCUT2D eigenvalue weighted by Crippen LogP contribution is -2.47. The van der Waals surface area contributed by atoms with E-state index in [-0.39, 0.29) is 5.91 Å². The molecule has 0 aromatic heterocycles. The summed E-state index contributed by atoms with van der Waals surface area (Å²) in [5.74, 6) is 0.660. The normalized spacial score (nSPS) is 15.1. The quantitative estimate of drug-likeness (QED) is 0.628. The van der Waals surface area contributed by atoms with E-state index in [9.17, 15) is 9.59 Å². The van der Waals surface area contributed by atoms with Gasteiger partial charge in [-0.25, -0.2) is 9.79 Å². The number of likely N-dealkylation sites (N-methyl/N-ethyl adjacent to an activating group) is 1. The average molecular weight is 444 g/mol. The number of amides is 3. The molecule has 0 saturated carbocycles. The molecule has 1 aliphatic heterocycles. The number of fused-ring (bicyclic) bond motifs is 1. The first-order chi connectivity index (χ1) is 16.0. The van der Waals surface area contributed by atoms with E-state index in [0.29, 0.717) is 28.6 Å². The second-order valence-electron chi connectivity index (χ2n) is 7.33. The Hall–Kier alpha value is -4.33. The number of rotatable bonds is 5. The molecule has 33 heavy (non-hydrogen) atoms. The molecule has 2 N–H and O–H groups in total. The minimum absolute atomic E-state index is 0.356. The average Bonchev–Trinajstić information content (AvgIpc) is 2.95. The van der Waals surface area contributed by atoms with Crippen molar-refractivity contribution in [3.05, 3.63) is 83.9 Å². The zero-order valence-electron chi connectivity index (χ0n) is 18.5. The van der Waals surface area contributed by atoms with Gasteiger partial charge in [-0.05, 0) is 18.2 Å². The smallest absolute Gasteiger partial charge is 0.321 e. The number of carbonyl (C=O) groups is 2. The molecule has 8 heteroatoms. The van der Waals surface area contributed by atoms with Crippen molar-refractivity contribution in [2.45, 2.75) is 6.17 Å². The molecule has 3 aromatic rings. The summed E-state index contributed by atoms with van der Waals surface area (Å²) < 4.78 is 10.5. The first-order valence-electron chi connectivity index (χ1n) is 10.3. The molecule has 0 bridgehead atoms. The van der Waals surface area contributed by atoms with Gasteiger partial charge in [0, 0.05) is 24.2 Å². The summed E-state index contributed by atoms with van der Waals surface area (Å²) >= 11 is 0. The minimum atomic E-state index is -1.12. The summed E-state index contributed by atoms with van der Waals surface area (Å²) in [5, 5.41) is 5.41. The standard InChI is InChI=1S/C25H24N4O4/c1-29-20-12-8-7-11-18(20)22(16-9-5-4-6-10-16)27-23(24(29)30)28-25(31)26-19-14-13-17(32-2)15-21(19)33-3/h4-15,23H,1-3H3,(H2,26,28,31)/t23-/m0/s1. The number of hydrogen-bond donors (Lipinski definition) is 2. The molecule has 0 saturated heterocycles. The van der Waals surface area contributed by atoms with Gasteiger partial charge in [0.05, 0.1) is 31.3 Å². The molecule has 8 nitrogen and oxygen atoms in total. The van der Waals surface area contributed by atoms with Gasteiger partial charge in [-0.1, -0.05) is 48.5 Å². The highest BCUT2D eigenvalue weighted by atomic mass is 16.5. The van der Waals surface area contributed by atoms with E-state index in [4.69, 9.17) is 9.47 Å². The molecular formula is C25H24N4O4. The summed E-state index contributed by atoms with van der Waals surface area (Å²) in [7, 11) is 4.71. The maximum Gasteiger partial charge on any atom is 0.321 e. The minimum Gasteiger partial charge on any atom is -0.497 e. The number of anilines is 2. The van der Waals surface area contributed by atoms with Crippen molar-refractivity contribution in [3.8, 4) is 11.5 Å². The van der Waals surface area contributed by atoms with Gasteiger partial charge in [0.2, 0.25) is 6.17 Å². The van der Waals surface area contributed by atoms with Crippen LogP contribution in [0, 0.1) is 0 Å². The number of nitrogens with zero attached hydrogens (tertiary/aromatic N) is 2. The third kappa shape index (κ3) is 4.50. The monoisotopic (exact) mass is 444 g/mol. The van der Waals surface area contributed by atoms with Crippen LogP contribution in [-0.2, 0) is 4.79 Å². The van der Waals surface area contributed by atoms with Gasteiger partial charge in [-0.2, -0.15) is 0 Å². The van der Waals surface area contributed by atoms with Crippen LogP contribution in [-0.4, -0.2) is 45.1 Å². The molecule has 0 spiro atoms. The molecule has 3 amide bonds. The van der Waals surface area contributed by atoms with E-state index in [1.165, 1.54) is 12.0 Å². The number of hydrogen-bond acceptors (Lipinski definition) is 5. The Morgan fingerprint density at radius 1 is 0.970 bits per heavy atom. The zero-order valence-corrected chi connectivity index (χ0v) is 18.5.